The molecule has 2 atom stereocenters. The van der Waals surface area contributed by atoms with E-state index in [4.69, 9.17) is 12.2 Å². The minimum atomic E-state index is -0.151. The van der Waals surface area contributed by atoms with Crippen LogP contribution in [0.25, 0.3) is 5.82 Å². The first-order chi connectivity index (χ1) is 18.3. The molecule has 2 N–H and O–H groups in total. The molecule has 1 aromatic carbocycles. The largest absolute Gasteiger partial charge is 0.352 e. The Kier molecular flexibility index (Phi) is 7.24. The van der Waals surface area contributed by atoms with Crippen molar-refractivity contribution in [2.75, 3.05) is 11.9 Å². The lowest BCUT2D eigenvalue weighted by Gasteiger charge is -2.28. The molecule has 0 unspecified atom stereocenters. The van der Waals surface area contributed by atoms with Crippen LogP contribution in [0.2, 0.25) is 0 Å². The second-order valence-electron chi connectivity index (χ2n) is 9.79. The molecule has 3 aromatic heterocycles. The van der Waals surface area contributed by atoms with Crippen LogP contribution < -0.4 is 10.6 Å². The number of benzene rings is 1. The predicted octanol–water partition coefficient (Wildman–Crippen LogP) is 5.50. The van der Waals surface area contributed by atoms with E-state index < -0.39 is 0 Å². The Labute approximate surface area is 228 Å². The van der Waals surface area contributed by atoms with Gasteiger partial charge in [-0.3, -0.25) is 9.78 Å². The van der Waals surface area contributed by atoms with Crippen molar-refractivity contribution in [1.29, 1.82) is 0 Å². The third-order valence-corrected chi connectivity index (χ3v) is 7.41. The average Bonchev–Trinajstić information content (AvgIpc) is 3.38. The van der Waals surface area contributed by atoms with Crippen molar-refractivity contribution in [3.05, 3.63) is 107 Å². The molecule has 194 valence electrons. The molecule has 5 rings (SSSR count). The minimum absolute atomic E-state index is 0.0481. The van der Waals surface area contributed by atoms with Gasteiger partial charge in [0.1, 0.15) is 5.82 Å². The number of pyridine rings is 2. The molecule has 4 heterocycles. The Balaban J connectivity index is 1.48. The number of aryl methyl sites for hydroxylation is 3. The third-order valence-electron chi connectivity index (χ3n) is 7.06. The highest BCUT2D eigenvalue weighted by Crippen LogP contribution is 2.41. The van der Waals surface area contributed by atoms with Crippen LogP contribution in [0.3, 0.4) is 0 Å². The van der Waals surface area contributed by atoms with Crippen molar-refractivity contribution in [2.24, 2.45) is 0 Å². The van der Waals surface area contributed by atoms with Crippen molar-refractivity contribution in [2.45, 2.75) is 46.2 Å². The molecule has 0 saturated carbocycles. The summed E-state index contributed by atoms with van der Waals surface area (Å²) < 4.78 is 2.20. The molecule has 1 fully saturated rings. The summed E-state index contributed by atoms with van der Waals surface area (Å²) in [5.74, 6) is 0.869. The quantitative estimate of drug-likeness (QED) is 0.311. The molecule has 8 heteroatoms. The number of hydrogen-bond donors (Lipinski definition) is 2. The topological polar surface area (TPSA) is 75.1 Å². The maximum absolute atomic E-state index is 12.9. The number of anilines is 1. The predicted molar refractivity (Wildman–Crippen MR) is 154 cm³/mol. The summed E-state index contributed by atoms with van der Waals surface area (Å²) in [7, 11) is 0. The number of nitrogens with zero attached hydrogens (tertiary/aromatic N) is 4. The first kappa shape index (κ1) is 25.6. The molecule has 0 radical (unpaired) electrons. The summed E-state index contributed by atoms with van der Waals surface area (Å²) in [6.45, 7) is 8.78. The number of amides is 1. The number of carbonyl (C=O) groups excluding carboxylic acids is 1. The van der Waals surface area contributed by atoms with Crippen molar-refractivity contribution in [1.82, 2.24) is 24.8 Å². The van der Waals surface area contributed by atoms with Gasteiger partial charge >= 0.3 is 0 Å². The van der Waals surface area contributed by atoms with Gasteiger partial charge in [-0.15, -0.1) is 0 Å². The first-order valence-corrected chi connectivity index (χ1v) is 13.2. The zero-order valence-corrected chi connectivity index (χ0v) is 22.9. The van der Waals surface area contributed by atoms with Crippen molar-refractivity contribution in [3.63, 3.8) is 0 Å². The molecule has 0 spiro atoms. The molecule has 0 aliphatic carbocycles. The van der Waals surface area contributed by atoms with Gasteiger partial charge in [0, 0.05) is 42.4 Å². The maximum Gasteiger partial charge on any atom is 0.226 e. The smallest absolute Gasteiger partial charge is 0.226 e. The van der Waals surface area contributed by atoms with Crippen LogP contribution in [-0.2, 0) is 4.79 Å². The summed E-state index contributed by atoms with van der Waals surface area (Å²) in [6.07, 6.45) is 3.93. The molecule has 1 amide bonds. The van der Waals surface area contributed by atoms with E-state index in [2.05, 4.69) is 63.0 Å². The SMILES string of the molecule is Cc1cccc(NC(=O)CCN2C(=S)N[C@H](c3ccccn3)[C@H]2c2cc(C)n(-c3ncccc3C)c2C)c1. The highest BCUT2D eigenvalue weighted by molar-refractivity contribution is 7.80. The van der Waals surface area contributed by atoms with Gasteiger partial charge in [0.2, 0.25) is 5.91 Å². The van der Waals surface area contributed by atoms with E-state index in [1.165, 1.54) is 0 Å². The maximum atomic E-state index is 12.9. The fourth-order valence-corrected chi connectivity index (χ4v) is 5.61. The number of nitrogens with one attached hydrogen (secondary N) is 2. The van der Waals surface area contributed by atoms with Crippen LogP contribution in [0.1, 0.15) is 52.3 Å². The van der Waals surface area contributed by atoms with Gasteiger partial charge in [-0.05, 0) is 93.0 Å². The zero-order valence-electron chi connectivity index (χ0n) is 22.1. The van der Waals surface area contributed by atoms with Gasteiger partial charge in [0.15, 0.2) is 5.11 Å². The molecular weight excluding hydrogens is 492 g/mol. The molecule has 38 heavy (non-hydrogen) atoms. The molecule has 1 aliphatic rings. The molecule has 0 bridgehead atoms. The second-order valence-corrected chi connectivity index (χ2v) is 10.2. The molecular formula is C30H32N6OS. The highest BCUT2D eigenvalue weighted by Gasteiger charge is 2.41. The van der Waals surface area contributed by atoms with E-state index in [9.17, 15) is 4.79 Å². The van der Waals surface area contributed by atoms with Crippen LogP contribution in [0.15, 0.2) is 73.1 Å². The number of thiocarbonyl (C=S) groups is 1. The normalized spacial score (nSPS) is 16.9. The summed E-state index contributed by atoms with van der Waals surface area (Å²) in [5, 5.41) is 7.13. The third kappa shape index (κ3) is 5.04. The second kappa shape index (κ2) is 10.8. The van der Waals surface area contributed by atoms with E-state index in [-0.39, 0.29) is 18.0 Å². The van der Waals surface area contributed by atoms with Gasteiger partial charge in [0.05, 0.1) is 17.8 Å². The lowest BCUT2D eigenvalue weighted by Crippen LogP contribution is -2.32. The molecule has 4 aromatic rings. The van der Waals surface area contributed by atoms with Crippen LogP contribution in [-0.4, -0.2) is 37.0 Å². The van der Waals surface area contributed by atoms with Crippen molar-refractivity contribution >= 4 is 28.9 Å². The van der Waals surface area contributed by atoms with Gasteiger partial charge in [-0.25, -0.2) is 4.98 Å². The monoisotopic (exact) mass is 524 g/mol. The van der Waals surface area contributed by atoms with Crippen molar-refractivity contribution < 1.29 is 4.79 Å². The lowest BCUT2D eigenvalue weighted by atomic mass is 9.96. The Hall–Kier alpha value is -4.04. The molecule has 1 aliphatic heterocycles. The number of rotatable bonds is 7. The lowest BCUT2D eigenvalue weighted by molar-refractivity contribution is -0.116. The summed E-state index contributed by atoms with van der Waals surface area (Å²) in [5.41, 5.74) is 7.23. The standard InChI is InChI=1S/C30H32N6OS/c1-19-9-7-11-23(17-19)33-26(37)13-16-35-28(27(34-30(35)38)25-12-5-6-14-31-25)24-18-21(3)36(22(24)4)29-20(2)10-8-15-32-29/h5-12,14-15,17-18,27-28H,13,16H2,1-4H3,(H,33,37)(H,34,38)/t27-,28-/m1/s1. The summed E-state index contributed by atoms with van der Waals surface area (Å²) >= 11 is 5.83. The van der Waals surface area contributed by atoms with E-state index in [0.29, 0.717) is 18.1 Å². The Morgan fingerprint density at radius 3 is 2.55 bits per heavy atom. The van der Waals surface area contributed by atoms with E-state index in [1.54, 1.807) is 6.20 Å². The fraction of sp³-hybridized carbons (Fsp3) is 0.267. The van der Waals surface area contributed by atoms with Crippen LogP contribution >= 0.6 is 12.2 Å². The van der Waals surface area contributed by atoms with E-state index in [1.807, 2.05) is 61.7 Å². The molecule has 1 saturated heterocycles. The Morgan fingerprint density at radius 2 is 1.82 bits per heavy atom. The van der Waals surface area contributed by atoms with Gasteiger partial charge in [-0.2, -0.15) is 0 Å². The Bertz CT molecular complexity index is 1480. The first-order valence-electron chi connectivity index (χ1n) is 12.8. The summed E-state index contributed by atoms with van der Waals surface area (Å²) in [6, 6.07) is 19.7. The van der Waals surface area contributed by atoms with E-state index >= 15 is 0 Å². The fourth-order valence-electron chi connectivity index (χ4n) is 5.28. The van der Waals surface area contributed by atoms with Crippen molar-refractivity contribution in [3.8, 4) is 5.82 Å². The van der Waals surface area contributed by atoms with Crippen LogP contribution in [0.4, 0.5) is 5.69 Å². The number of hydrogen-bond acceptors (Lipinski definition) is 4. The van der Waals surface area contributed by atoms with E-state index in [0.717, 1.165) is 45.3 Å². The summed E-state index contributed by atoms with van der Waals surface area (Å²) in [4.78, 5) is 24.3. The van der Waals surface area contributed by atoms with Gasteiger partial charge in [-0.1, -0.05) is 24.3 Å². The average molecular weight is 525 g/mol. The highest BCUT2D eigenvalue weighted by atomic mass is 32.1. The van der Waals surface area contributed by atoms with Gasteiger partial charge < -0.3 is 20.1 Å². The minimum Gasteiger partial charge on any atom is -0.352 e. The molecule has 7 nitrogen and oxygen atoms in total. The zero-order chi connectivity index (χ0) is 26.8. The van der Waals surface area contributed by atoms with Crippen LogP contribution in [0, 0.1) is 27.7 Å². The Morgan fingerprint density at radius 1 is 1.00 bits per heavy atom. The van der Waals surface area contributed by atoms with Gasteiger partial charge in [0.25, 0.3) is 0 Å². The number of carbonyl (C=O) groups is 1. The van der Waals surface area contributed by atoms with Crippen LogP contribution in [0.5, 0.6) is 0 Å². The number of aromatic nitrogens is 3.